The minimum Gasteiger partial charge on any atom is -0.356 e. The summed E-state index contributed by atoms with van der Waals surface area (Å²) in [5.41, 5.74) is 0.349. The lowest BCUT2D eigenvalue weighted by molar-refractivity contribution is -0.120. The van der Waals surface area contributed by atoms with Gasteiger partial charge in [-0.2, -0.15) is 0 Å². The van der Waals surface area contributed by atoms with Gasteiger partial charge in [-0.3, -0.25) is 4.79 Å². The molecule has 0 spiro atoms. The molecule has 1 aromatic carbocycles. The molecule has 20 heavy (non-hydrogen) atoms. The zero-order valence-corrected chi connectivity index (χ0v) is 11.6. The lowest BCUT2D eigenvalue weighted by Crippen LogP contribution is -2.27. The minimum absolute atomic E-state index is 0.0219. The lowest BCUT2D eigenvalue weighted by atomic mass is 10.1. The van der Waals surface area contributed by atoms with Gasteiger partial charge in [-0.1, -0.05) is 17.7 Å². The zero-order valence-electron chi connectivity index (χ0n) is 10.9. The number of amides is 1. The van der Waals surface area contributed by atoms with Gasteiger partial charge in [-0.25, -0.2) is 9.37 Å². The van der Waals surface area contributed by atoms with Crippen molar-refractivity contribution in [1.29, 1.82) is 0 Å². The molecule has 2 aromatic rings. The Balaban J connectivity index is 1.72. The summed E-state index contributed by atoms with van der Waals surface area (Å²) in [6, 6.07) is 4.32. The smallest absolute Gasteiger partial charge is 0.224 e. The van der Waals surface area contributed by atoms with Crippen LogP contribution in [0.5, 0.6) is 0 Å². The average Bonchev–Trinajstić information content (AvgIpc) is 2.91. The van der Waals surface area contributed by atoms with Gasteiger partial charge in [-0.05, 0) is 24.1 Å². The number of rotatable bonds is 6. The maximum absolute atomic E-state index is 13.5. The maximum Gasteiger partial charge on any atom is 0.224 e. The first-order chi connectivity index (χ1) is 9.65. The number of hydrogen-bond acceptors (Lipinski definition) is 2. The van der Waals surface area contributed by atoms with Gasteiger partial charge in [0.1, 0.15) is 5.82 Å². The summed E-state index contributed by atoms with van der Waals surface area (Å²) in [6.45, 7) is 1.34. The van der Waals surface area contributed by atoms with E-state index in [2.05, 4.69) is 10.3 Å². The average molecular weight is 296 g/mol. The second-order valence-corrected chi connectivity index (χ2v) is 4.85. The number of halogens is 2. The van der Waals surface area contributed by atoms with Crippen LogP contribution >= 0.6 is 11.6 Å². The van der Waals surface area contributed by atoms with Crippen molar-refractivity contribution >= 4 is 17.5 Å². The van der Waals surface area contributed by atoms with Crippen LogP contribution < -0.4 is 5.32 Å². The van der Waals surface area contributed by atoms with Crippen LogP contribution in [0.3, 0.4) is 0 Å². The SMILES string of the molecule is O=C(Cc1ccc(Cl)cc1F)NCCCn1ccnc1. The van der Waals surface area contributed by atoms with Gasteiger partial charge in [-0.15, -0.1) is 0 Å². The van der Waals surface area contributed by atoms with Gasteiger partial charge in [0.05, 0.1) is 12.7 Å². The first-order valence-corrected chi connectivity index (χ1v) is 6.69. The third-order valence-electron chi connectivity index (χ3n) is 2.84. The number of carbonyl (C=O) groups excluding carboxylic acids is 1. The van der Waals surface area contributed by atoms with Gasteiger partial charge >= 0.3 is 0 Å². The molecule has 4 nitrogen and oxygen atoms in total. The van der Waals surface area contributed by atoms with E-state index in [9.17, 15) is 9.18 Å². The van der Waals surface area contributed by atoms with E-state index in [1.807, 2.05) is 10.8 Å². The van der Waals surface area contributed by atoms with Crippen LogP contribution in [0, 0.1) is 5.82 Å². The van der Waals surface area contributed by atoms with Gasteiger partial charge < -0.3 is 9.88 Å². The van der Waals surface area contributed by atoms with E-state index in [1.165, 1.54) is 12.1 Å². The maximum atomic E-state index is 13.5. The quantitative estimate of drug-likeness (QED) is 0.832. The molecule has 0 atom stereocenters. The van der Waals surface area contributed by atoms with Crippen LogP contribution in [-0.4, -0.2) is 22.0 Å². The normalized spacial score (nSPS) is 10.5. The monoisotopic (exact) mass is 295 g/mol. The molecule has 0 radical (unpaired) electrons. The van der Waals surface area contributed by atoms with Crippen LogP contribution in [0.25, 0.3) is 0 Å². The standard InChI is InChI=1S/C14H15ClFN3O/c15-12-3-2-11(13(16)9-12)8-14(20)18-4-1-6-19-7-5-17-10-19/h2-3,5,7,9-10H,1,4,6,8H2,(H,18,20). The van der Waals surface area contributed by atoms with E-state index in [1.54, 1.807) is 18.6 Å². The molecule has 0 bridgehead atoms. The third-order valence-corrected chi connectivity index (χ3v) is 3.08. The highest BCUT2D eigenvalue weighted by molar-refractivity contribution is 6.30. The highest BCUT2D eigenvalue weighted by Gasteiger charge is 2.08. The number of nitrogens with zero attached hydrogens (tertiary/aromatic N) is 2. The topological polar surface area (TPSA) is 46.9 Å². The number of carbonyl (C=O) groups is 1. The summed E-state index contributed by atoms with van der Waals surface area (Å²) < 4.78 is 15.4. The molecule has 1 amide bonds. The Hall–Kier alpha value is -1.88. The molecule has 0 saturated heterocycles. The van der Waals surface area contributed by atoms with E-state index < -0.39 is 5.82 Å². The molecular formula is C14H15ClFN3O. The number of imidazole rings is 1. The first-order valence-electron chi connectivity index (χ1n) is 6.31. The summed E-state index contributed by atoms with van der Waals surface area (Å²) in [5.74, 6) is -0.650. The molecular weight excluding hydrogens is 281 g/mol. The fraction of sp³-hybridized carbons (Fsp3) is 0.286. The number of nitrogens with one attached hydrogen (secondary N) is 1. The molecule has 1 aromatic heterocycles. The van der Waals surface area contributed by atoms with Crippen LogP contribution in [0.15, 0.2) is 36.9 Å². The van der Waals surface area contributed by atoms with Crippen molar-refractivity contribution in [2.75, 3.05) is 6.54 Å². The van der Waals surface area contributed by atoms with Gasteiger partial charge in [0.2, 0.25) is 5.91 Å². The van der Waals surface area contributed by atoms with Crippen LogP contribution in [0.1, 0.15) is 12.0 Å². The minimum atomic E-state index is -0.453. The van der Waals surface area contributed by atoms with Gasteiger partial charge in [0.25, 0.3) is 0 Å². The fourth-order valence-corrected chi connectivity index (χ4v) is 1.97. The second kappa shape index (κ2) is 7.05. The summed E-state index contributed by atoms with van der Waals surface area (Å²) >= 11 is 5.66. The van der Waals surface area contributed by atoms with Gasteiger partial charge in [0, 0.05) is 30.5 Å². The van der Waals surface area contributed by atoms with Crippen LogP contribution in [-0.2, 0) is 17.8 Å². The van der Waals surface area contributed by atoms with E-state index in [0.29, 0.717) is 17.1 Å². The molecule has 0 fully saturated rings. The highest BCUT2D eigenvalue weighted by atomic mass is 35.5. The third kappa shape index (κ3) is 4.35. The molecule has 0 aliphatic carbocycles. The largest absolute Gasteiger partial charge is 0.356 e. The number of aromatic nitrogens is 2. The Morgan fingerprint density at radius 1 is 1.45 bits per heavy atom. The molecule has 2 rings (SSSR count). The summed E-state index contributed by atoms with van der Waals surface area (Å²) in [7, 11) is 0. The summed E-state index contributed by atoms with van der Waals surface area (Å²) in [5, 5.41) is 3.09. The molecule has 106 valence electrons. The Morgan fingerprint density at radius 2 is 2.30 bits per heavy atom. The zero-order chi connectivity index (χ0) is 14.4. The van der Waals surface area contributed by atoms with E-state index >= 15 is 0 Å². The Bertz CT molecular complexity index is 572. The highest BCUT2D eigenvalue weighted by Crippen LogP contribution is 2.14. The molecule has 0 aliphatic rings. The van der Waals surface area contributed by atoms with E-state index in [-0.39, 0.29) is 12.3 Å². The second-order valence-electron chi connectivity index (χ2n) is 4.42. The number of hydrogen-bond donors (Lipinski definition) is 1. The number of benzene rings is 1. The predicted molar refractivity (Wildman–Crippen MR) is 75.0 cm³/mol. The van der Waals surface area contributed by atoms with Crippen molar-refractivity contribution in [3.05, 3.63) is 53.3 Å². The molecule has 0 unspecified atom stereocenters. The van der Waals surface area contributed by atoms with Crippen molar-refractivity contribution in [3.8, 4) is 0 Å². The molecule has 0 aliphatic heterocycles. The first kappa shape index (κ1) is 14.5. The Kier molecular flexibility index (Phi) is 5.12. The number of aryl methyl sites for hydroxylation is 1. The molecule has 6 heteroatoms. The van der Waals surface area contributed by atoms with E-state index in [0.717, 1.165) is 13.0 Å². The molecule has 1 N–H and O–H groups in total. The lowest BCUT2D eigenvalue weighted by Gasteiger charge is -2.07. The van der Waals surface area contributed by atoms with Gasteiger partial charge in [0.15, 0.2) is 0 Å². The molecule has 0 saturated carbocycles. The predicted octanol–water partition coefficient (Wildman–Crippen LogP) is 2.42. The van der Waals surface area contributed by atoms with Crippen LogP contribution in [0.2, 0.25) is 5.02 Å². The van der Waals surface area contributed by atoms with Crippen molar-refractivity contribution in [1.82, 2.24) is 14.9 Å². The molecule has 1 heterocycles. The summed E-state index contributed by atoms with van der Waals surface area (Å²) in [4.78, 5) is 15.6. The van der Waals surface area contributed by atoms with E-state index in [4.69, 9.17) is 11.6 Å². The van der Waals surface area contributed by atoms with Crippen molar-refractivity contribution in [2.45, 2.75) is 19.4 Å². The van der Waals surface area contributed by atoms with Crippen molar-refractivity contribution < 1.29 is 9.18 Å². The van der Waals surface area contributed by atoms with Crippen molar-refractivity contribution in [2.24, 2.45) is 0 Å². The van der Waals surface area contributed by atoms with Crippen LogP contribution in [0.4, 0.5) is 4.39 Å². The summed E-state index contributed by atoms with van der Waals surface area (Å²) in [6.07, 6.45) is 6.12. The van der Waals surface area contributed by atoms with Crippen molar-refractivity contribution in [3.63, 3.8) is 0 Å². The fourth-order valence-electron chi connectivity index (χ4n) is 1.81. The Labute approximate surface area is 121 Å². The Morgan fingerprint density at radius 3 is 3.00 bits per heavy atom.